The van der Waals surface area contributed by atoms with Crippen LogP contribution in [0.5, 0.6) is 5.75 Å². The van der Waals surface area contributed by atoms with Gasteiger partial charge in [0.1, 0.15) is 41.3 Å². The number of aromatic nitrogens is 6. The van der Waals surface area contributed by atoms with Gasteiger partial charge in [-0.15, -0.1) is 11.6 Å². The Labute approximate surface area is 607 Å². The SMILES string of the molecule is CC(=O)Oc1cc2c(c3ccccc13)C(CCl)CN2C(=O)c1cc2cc(NC(=O)c3cc4cc(NC(=O)CCSSC[C@H](NC(=O)[C@H](CC(=O)O)NC(=O)[C@H](CCCNC(=N)N)NC(=O)CC[C@H](NC(=O)c5ccc(NCc6cnc7nc(N)[nH]c(=O)c7n6)cc5)C(=O)O)C(=O)O)ccc4[nH]3)ccc2[nH]1. The Kier molecular flexibility index (Phi) is 24.5. The third-order valence-corrected chi connectivity index (χ3v) is 19.2. The monoisotopic (exact) mass is 1490 g/mol. The number of nitrogens with two attached hydrogens (primary N) is 2. The van der Waals surface area contributed by atoms with E-state index < -0.39 is 114 Å². The van der Waals surface area contributed by atoms with Crippen molar-refractivity contribution in [2.75, 3.05) is 57.1 Å². The number of ether oxygens (including phenoxy) is 1. The predicted molar refractivity (Wildman–Crippen MR) is 392 cm³/mol. The van der Waals surface area contributed by atoms with Gasteiger partial charge in [0.2, 0.25) is 29.6 Å². The number of alkyl halides is 1. The number of esters is 1. The Balaban J connectivity index is 0.671. The van der Waals surface area contributed by atoms with Crippen molar-refractivity contribution in [1.82, 2.24) is 56.5 Å². The number of nitrogens with one attached hydrogen (secondary N) is 12. The maximum atomic E-state index is 14.2. The van der Waals surface area contributed by atoms with E-state index in [2.05, 4.69) is 72.4 Å². The minimum atomic E-state index is -1.88. The molecule has 0 bridgehead atoms. The molecule has 1 aliphatic heterocycles. The van der Waals surface area contributed by atoms with Crippen LogP contribution < -0.4 is 69.2 Å². The number of guanidine groups is 1. The fraction of sp³-hybridized carbons (Fsp3) is 0.265. The zero-order valence-electron chi connectivity index (χ0n) is 55.6. The topological polar surface area (TPSA) is 536 Å². The van der Waals surface area contributed by atoms with E-state index in [1.54, 1.807) is 59.5 Å². The van der Waals surface area contributed by atoms with Crippen LogP contribution in [0.3, 0.4) is 0 Å². The molecule has 34 nitrogen and oxygen atoms in total. The molecule has 1 unspecified atom stereocenters. The van der Waals surface area contributed by atoms with Gasteiger partial charge in [-0.3, -0.25) is 58.3 Å². The number of carbonyl (C=O) groups excluding carboxylic acids is 8. The Bertz CT molecular complexity index is 4980. The van der Waals surface area contributed by atoms with Crippen LogP contribution in [-0.4, -0.2) is 171 Å². The zero-order valence-corrected chi connectivity index (χ0v) is 57.9. The number of carboxylic acids is 3. The minimum absolute atomic E-state index is 0.0212. The van der Waals surface area contributed by atoms with Crippen molar-refractivity contribution in [2.24, 2.45) is 5.73 Å². The van der Waals surface area contributed by atoms with Gasteiger partial charge in [-0.25, -0.2) is 19.6 Å². The molecule has 0 fully saturated rings. The molecule has 10 rings (SSSR count). The van der Waals surface area contributed by atoms with E-state index >= 15 is 0 Å². The molecule has 546 valence electrons. The third kappa shape index (κ3) is 19.5. The largest absolute Gasteiger partial charge is 0.481 e. The number of aliphatic carboxylic acids is 3. The number of H-pyrrole nitrogens is 3. The number of rotatable bonds is 33. The molecule has 5 aromatic carbocycles. The summed E-state index contributed by atoms with van der Waals surface area (Å²) in [5.41, 5.74) is 15.4. The molecule has 0 saturated carbocycles. The first-order valence-corrected chi connectivity index (χ1v) is 35.3. The van der Waals surface area contributed by atoms with Gasteiger partial charge in [-0.1, -0.05) is 45.9 Å². The molecule has 5 atom stereocenters. The molecule has 4 aromatic heterocycles. The summed E-state index contributed by atoms with van der Waals surface area (Å²) in [6.45, 7) is 1.73. The maximum Gasteiger partial charge on any atom is 0.327 e. The van der Waals surface area contributed by atoms with Crippen LogP contribution >= 0.6 is 33.2 Å². The number of nitrogen functional groups attached to an aromatic ring is 1. The summed E-state index contributed by atoms with van der Waals surface area (Å²) >= 11 is 6.47. The molecule has 0 aliphatic carbocycles. The summed E-state index contributed by atoms with van der Waals surface area (Å²) in [4.78, 5) is 179. The number of benzene rings is 5. The number of carbonyl (C=O) groups is 11. The van der Waals surface area contributed by atoms with Crippen LogP contribution in [0.25, 0.3) is 43.7 Å². The number of anilines is 5. The number of amides is 7. The molecule has 0 radical (unpaired) electrons. The molecule has 7 amide bonds. The van der Waals surface area contributed by atoms with Gasteiger partial charge in [0.05, 0.1) is 30.5 Å². The van der Waals surface area contributed by atoms with Crippen molar-refractivity contribution < 1.29 is 72.8 Å². The normalized spacial score (nSPS) is 13.5. The van der Waals surface area contributed by atoms with Gasteiger partial charge >= 0.3 is 23.9 Å². The van der Waals surface area contributed by atoms with Crippen LogP contribution in [0.15, 0.2) is 114 Å². The second-order valence-corrected chi connectivity index (χ2v) is 27.0. The van der Waals surface area contributed by atoms with Gasteiger partial charge < -0.3 is 88.9 Å². The van der Waals surface area contributed by atoms with E-state index in [9.17, 15) is 72.9 Å². The highest BCUT2D eigenvalue weighted by Crippen LogP contribution is 2.46. The highest BCUT2D eigenvalue weighted by atomic mass is 35.5. The Morgan fingerprint density at radius 1 is 0.714 bits per heavy atom. The molecular formula is C68H69ClN18O16S2. The van der Waals surface area contributed by atoms with Crippen molar-refractivity contribution in [3.05, 3.63) is 148 Å². The maximum absolute atomic E-state index is 14.2. The lowest BCUT2D eigenvalue weighted by atomic mass is 9.95. The van der Waals surface area contributed by atoms with Crippen LogP contribution in [-0.2, 0) is 44.9 Å². The molecule has 105 heavy (non-hydrogen) atoms. The number of fused-ring (bicyclic) bond motifs is 6. The fourth-order valence-corrected chi connectivity index (χ4v) is 13.8. The second-order valence-electron chi connectivity index (χ2n) is 24.0. The summed E-state index contributed by atoms with van der Waals surface area (Å²) < 4.78 is 5.58. The van der Waals surface area contributed by atoms with Gasteiger partial charge in [0.25, 0.3) is 23.3 Å². The van der Waals surface area contributed by atoms with Gasteiger partial charge in [-0.05, 0) is 103 Å². The number of nitrogens with zero attached hydrogens (tertiary/aromatic N) is 4. The first kappa shape index (κ1) is 75.4. The van der Waals surface area contributed by atoms with E-state index in [-0.39, 0.29) is 95.6 Å². The number of carboxylic acid groups (broad SMARTS) is 3. The molecule has 5 heterocycles. The van der Waals surface area contributed by atoms with Crippen molar-refractivity contribution in [3.8, 4) is 5.75 Å². The van der Waals surface area contributed by atoms with Crippen molar-refractivity contribution >= 4 is 177 Å². The smallest absolute Gasteiger partial charge is 0.327 e. The molecule has 0 saturated heterocycles. The Hall–Kier alpha value is -12.3. The quantitative estimate of drug-likeness (QED) is 0.00498. The van der Waals surface area contributed by atoms with E-state index in [4.69, 9.17) is 33.2 Å². The summed E-state index contributed by atoms with van der Waals surface area (Å²) in [5, 5.41) is 60.6. The summed E-state index contributed by atoms with van der Waals surface area (Å²) in [6.07, 6.45) is -0.856. The lowest BCUT2D eigenvalue weighted by Gasteiger charge is -2.24. The minimum Gasteiger partial charge on any atom is -0.481 e. The lowest BCUT2D eigenvalue weighted by Crippen LogP contribution is -2.56. The van der Waals surface area contributed by atoms with Crippen LogP contribution in [0.1, 0.15) is 94.0 Å². The van der Waals surface area contributed by atoms with E-state index in [1.165, 1.54) is 37.4 Å². The van der Waals surface area contributed by atoms with Crippen molar-refractivity contribution in [3.63, 3.8) is 0 Å². The zero-order chi connectivity index (χ0) is 75.2. The van der Waals surface area contributed by atoms with Crippen molar-refractivity contribution in [1.29, 1.82) is 5.41 Å². The summed E-state index contributed by atoms with van der Waals surface area (Å²) in [7, 11) is 2.08. The number of aromatic amines is 3. The molecule has 0 spiro atoms. The predicted octanol–water partition coefficient (Wildman–Crippen LogP) is 4.83. The highest BCUT2D eigenvalue weighted by Gasteiger charge is 2.37. The van der Waals surface area contributed by atoms with Crippen LogP contribution in [0, 0.1) is 5.41 Å². The lowest BCUT2D eigenvalue weighted by molar-refractivity contribution is -0.143. The molecular weight excluding hydrogens is 1420 g/mol. The molecule has 1 aliphatic rings. The number of hydrogen-bond donors (Lipinski definition) is 17. The third-order valence-electron chi connectivity index (χ3n) is 16.4. The Morgan fingerprint density at radius 2 is 1.37 bits per heavy atom. The first-order chi connectivity index (χ1) is 50.3. The average molecular weight is 1490 g/mol. The summed E-state index contributed by atoms with van der Waals surface area (Å²) in [6, 6.07) is 21.8. The second kappa shape index (κ2) is 34.1. The van der Waals surface area contributed by atoms with Crippen LogP contribution in [0.2, 0.25) is 0 Å². The fourth-order valence-electron chi connectivity index (χ4n) is 11.4. The first-order valence-electron chi connectivity index (χ1n) is 32.3. The number of hydrogen-bond acceptors (Lipinski definition) is 21. The molecule has 9 aromatic rings. The highest BCUT2D eigenvalue weighted by molar-refractivity contribution is 8.76. The van der Waals surface area contributed by atoms with Crippen LogP contribution in [0.4, 0.5) is 28.7 Å². The summed E-state index contributed by atoms with van der Waals surface area (Å²) in [5.74, 6) is -10.6. The Morgan fingerprint density at radius 3 is 2.05 bits per heavy atom. The molecule has 19 N–H and O–H groups in total. The van der Waals surface area contributed by atoms with Gasteiger partial charge in [-0.2, -0.15) is 4.98 Å². The van der Waals surface area contributed by atoms with E-state index in [1.807, 2.05) is 24.3 Å². The van der Waals surface area contributed by atoms with Crippen molar-refractivity contribution in [2.45, 2.75) is 82.1 Å². The van der Waals surface area contributed by atoms with E-state index in [0.29, 0.717) is 62.5 Å². The van der Waals surface area contributed by atoms with Gasteiger partial charge in [0.15, 0.2) is 17.1 Å². The molecule has 37 heteroatoms. The van der Waals surface area contributed by atoms with E-state index in [0.717, 1.165) is 37.9 Å². The standard InChI is InChI=1S/C68H69ClN18O16S2/c1-32(88)103-52-26-51-56(42-6-3-2-5-41(42)52)36(27-69)30-87(51)64(98)49-24-35-22-39(13-15-44(35)80-49)78-61(95)47-23-34-21-38(12-14-43(34)79-47)76-54(90)18-20-104-105-31-50(66(101)102)84-62(96)48(25-55(91)92)83-60(94)45(7-4-19-73-67(70)71)81-53(89)17-16-46(65(99)100)82-59(93)33-8-10-37(11-9-33)74-28-40-29-75-58-57(77-40)63(97)86-68(72)85-58/h2-3,5-6,8-15,21-24,26,29,36,45-46,48,50,74,79-80H,4,7,16-20,25,27-28,30-31H2,1H3,(H,76,90)(H,78,95)(H,81,89)(H,82,93)(H,83,94)(H,84,96)(H,91,92)(H,99,100)(H,101,102)(H4,70,71,73)(H3,72,75,85,86,97)/t36?,45-,46-,48-,50-/m0/s1. The average Bonchev–Trinajstić information content (AvgIpc) is 1.59. The van der Waals surface area contributed by atoms with Gasteiger partial charge in [0, 0.05) is 112 Å². The number of halogens is 1.